The summed E-state index contributed by atoms with van der Waals surface area (Å²) in [7, 11) is 0. The molecule has 2 aromatic rings. The second-order valence-electron chi connectivity index (χ2n) is 5.59. The normalized spacial score (nSPS) is 17.3. The number of aliphatic carboxylic acids is 1. The average molecular weight is 350 g/mol. The first-order chi connectivity index (χ1) is 11.5. The van der Waals surface area contributed by atoms with Gasteiger partial charge in [-0.25, -0.2) is 9.78 Å². The van der Waals surface area contributed by atoms with Crippen LogP contribution in [0.2, 0.25) is 5.02 Å². The van der Waals surface area contributed by atoms with Gasteiger partial charge in [-0.3, -0.25) is 4.79 Å². The molecule has 8 heteroatoms. The van der Waals surface area contributed by atoms with Gasteiger partial charge in [0, 0.05) is 23.3 Å². The number of H-pyrrole nitrogens is 1. The maximum atomic E-state index is 12.2. The molecule has 0 radical (unpaired) electrons. The molecule has 2 atom stereocenters. The minimum Gasteiger partial charge on any atom is -0.480 e. The molecule has 0 spiro atoms. The quantitative estimate of drug-likeness (QED) is 0.738. The Morgan fingerprint density at radius 3 is 3.04 bits per heavy atom. The number of ether oxygens (including phenoxy) is 1. The van der Waals surface area contributed by atoms with Crippen molar-refractivity contribution >= 4 is 23.5 Å². The van der Waals surface area contributed by atoms with Gasteiger partial charge in [0.1, 0.15) is 6.04 Å². The van der Waals surface area contributed by atoms with Crippen LogP contribution in [0.15, 0.2) is 30.7 Å². The van der Waals surface area contributed by atoms with Crippen LogP contribution in [0, 0.1) is 0 Å². The number of carboxylic acid groups (broad SMARTS) is 1. The highest BCUT2D eigenvalue weighted by molar-refractivity contribution is 6.30. The van der Waals surface area contributed by atoms with Crippen molar-refractivity contribution in [2.45, 2.75) is 31.6 Å². The maximum Gasteiger partial charge on any atom is 0.326 e. The monoisotopic (exact) mass is 349 g/mol. The van der Waals surface area contributed by atoms with Crippen molar-refractivity contribution in [3.63, 3.8) is 0 Å². The Balaban J connectivity index is 1.62. The van der Waals surface area contributed by atoms with E-state index in [4.69, 9.17) is 16.3 Å². The highest BCUT2D eigenvalue weighted by Crippen LogP contribution is 2.34. The number of carbonyl (C=O) groups is 2. The van der Waals surface area contributed by atoms with Crippen molar-refractivity contribution in [3.05, 3.63) is 52.6 Å². The first-order valence-electron chi connectivity index (χ1n) is 7.42. The molecule has 0 saturated heterocycles. The first kappa shape index (κ1) is 16.5. The van der Waals surface area contributed by atoms with E-state index in [2.05, 4.69) is 15.3 Å². The molecule has 1 aliphatic heterocycles. The van der Waals surface area contributed by atoms with E-state index >= 15 is 0 Å². The van der Waals surface area contributed by atoms with Crippen molar-refractivity contribution in [2.75, 3.05) is 0 Å². The van der Waals surface area contributed by atoms with Crippen LogP contribution in [0.4, 0.5) is 0 Å². The molecule has 1 amide bonds. The maximum absolute atomic E-state index is 12.2. The third-order valence-electron chi connectivity index (χ3n) is 3.87. The molecule has 3 rings (SSSR count). The van der Waals surface area contributed by atoms with Gasteiger partial charge in [-0.05, 0) is 23.3 Å². The minimum absolute atomic E-state index is 0.0569. The Labute approximate surface area is 143 Å². The van der Waals surface area contributed by atoms with E-state index in [1.807, 2.05) is 12.1 Å². The number of carbonyl (C=O) groups excluding carboxylic acids is 1. The SMILES string of the molecule is O=C(CC1OCc2cc(Cl)ccc21)N[C@H](Cc1cnc[nH]1)C(=O)O. The topological polar surface area (TPSA) is 104 Å². The number of halogens is 1. The molecule has 24 heavy (non-hydrogen) atoms. The number of nitrogens with zero attached hydrogens (tertiary/aromatic N) is 1. The molecule has 7 nitrogen and oxygen atoms in total. The zero-order chi connectivity index (χ0) is 17.1. The van der Waals surface area contributed by atoms with Crippen LogP contribution in [-0.2, 0) is 27.4 Å². The van der Waals surface area contributed by atoms with E-state index in [9.17, 15) is 14.7 Å². The van der Waals surface area contributed by atoms with E-state index in [0.29, 0.717) is 17.3 Å². The van der Waals surface area contributed by atoms with Gasteiger partial charge in [-0.15, -0.1) is 0 Å². The summed E-state index contributed by atoms with van der Waals surface area (Å²) < 4.78 is 5.61. The van der Waals surface area contributed by atoms with Crippen molar-refractivity contribution in [1.82, 2.24) is 15.3 Å². The van der Waals surface area contributed by atoms with Gasteiger partial charge >= 0.3 is 5.97 Å². The van der Waals surface area contributed by atoms with Crippen LogP contribution in [0.25, 0.3) is 0 Å². The second-order valence-corrected chi connectivity index (χ2v) is 6.02. The molecular weight excluding hydrogens is 334 g/mol. The summed E-state index contributed by atoms with van der Waals surface area (Å²) >= 11 is 5.94. The predicted octanol–water partition coefficient (Wildman–Crippen LogP) is 1.84. The summed E-state index contributed by atoms with van der Waals surface area (Å²) in [4.78, 5) is 30.2. The lowest BCUT2D eigenvalue weighted by Gasteiger charge is -2.16. The lowest BCUT2D eigenvalue weighted by atomic mass is 10.0. The molecule has 2 heterocycles. The third kappa shape index (κ3) is 3.74. The fraction of sp³-hybridized carbons (Fsp3) is 0.312. The van der Waals surface area contributed by atoms with Crippen molar-refractivity contribution in [3.8, 4) is 0 Å². The van der Waals surface area contributed by atoms with Crippen molar-refractivity contribution in [2.24, 2.45) is 0 Å². The summed E-state index contributed by atoms with van der Waals surface area (Å²) in [6.07, 6.45) is 2.80. The van der Waals surface area contributed by atoms with Gasteiger partial charge in [0.25, 0.3) is 0 Å². The van der Waals surface area contributed by atoms with Crippen LogP contribution in [-0.4, -0.2) is 33.0 Å². The molecule has 126 valence electrons. The number of hydrogen-bond donors (Lipinski definition) is 3. The Morgan fingerprint density at radius 1 is 1.50 bits per heavy atom. The van der Waals surface area contributed by atoms with Gasteiger partial charge in [-0.2, -0.15) is 0 Å². The fourth-order valence-electron chi connectivity index (χ4n) is 2.70. The number of hydrogen-bond acceptors (Lipinski definition) is 4. The number of carboxylic acids is 1. The van der Waals surface area contributed by atoms with Gasteiger partial charge in [0.15, 0.2) is 0 Å². The number of aromatic amines is 1. The smallest absolute Gasteiger partial charge is 0.326 e. The van der Waals surface area contributed by atoms with E-state index < -0.39 is 12.0 Å². The van der Waals surface area contributed by atoms with Crippen molar-refractivity contribution < 1.29 is 19.4 Å². The lowest BCUT2D eigenvalue weighted by Crippen LogP contribution is -2.42. The van der Waals surface area contributed by atoms with E-state index in [-0.39, 0.29) is 24.9 Å². The second kappa shape index (κ2) is 7.02. The number of imidazole rings is 1. The molecular formula is C16H16ClN3O4. The van der Waals surface area contributed by atoms with Crippen LogP contribution >= 0.6 is 11.6 Å². The highest BCUT2D eigenvalue weighted by Gasteiger charge is 2.28. The number of nitrogens with one attached hydrogen (secondary N) is 2. The summed E-state index contributed by atoms with van der Waals surface area (Å²) in [6, 6.07) is 4.37. The van der Waals surface area contributed by atoms with E-state index in [1.54, 1.807) is 6.07 Å². The average Bonchev–Trinajstić information content (AvgIpc) is 3.16. The Morgan fingerprint density at radius 2 is 2.33 bits per heavy atom. The standard InChI is InChI=1S/C16H16ClN3O4/c17-10-1-2-12-9(3-10)7-24-14(12)5-15(21)20-13(16(22)23)4-11-6-18-8-19-11/h1-3,6,8,13-14H,4-5,7H2,(H,18,19)(H,20,21)(H,22,23)/t13-,14?/m1/s1. The molecule has 1 unspecified atom stereocenters. The summed E-state index contributed by atoms with van der Waals surface area (Å²) in [5.41, 5.74) is 2.50. The fourth-order valence-corrected chi connectivity index (χ4v) is 2.90. The number of benzene rings is 1. The Bertz CT molecular complexity index is 748. The molecule has 0 fully saturated rings. The highest BCUT2D eigenvalue weighted by atomic mass is 35.5. The number of aromatic nitrogens is 2. The van der Waals surface area contributed by atoms with Crippen LogP contribution in [0.3, 0.4) is 0 Å². The van der Waals surface area contributed by atoms with E-state index in [0.717, 1.165) is 11.1 Å². The molecule has 3 N–H and O–H groups in total. The Hall–Kier alpha value is -2.38. The number of rotatable bonds is 6. The van der Waals surface area contributed by atoms with Crippen molar-refractivity contribution in [1.29, 1.82) is 0 Å². The molecule has 1 aliphatic rings. The molecule has 1 aromatic carbocycles. The lowest BCUT2D eigenvalue weighted by molar-refractivity contribution is -0.142. The van der Waals surface area contributed by atoms with Gasteiger partial charge in [0.05, 0.1) is 25.5 Å². The predicted molar refractivity (Wildman–Crippen MR) is 85.5 cm³/mol. The summed E-state index contributed by atoms with van der Waals surface area (Å²) in [5.74, 6) is -1.48. The number of fused-ring (bicyclic) bond motifs is 1. The van der Waals surface area contributed by atoms with Gasteiger partial charge in [-0.1, -0.05) is 17.7 Å². The van der Waals surface area contributed by atoms with Gasteiger partial charge < -0.3 is 20.1 Å². The molecule has 0 bridgehead atoms. The largest absolute Gasteiger partial charge is 0.480 e. The third-order valence-corrected chi connectivity index (χ3v) is 4.11. The van der Waals surface area contributed by atoms with E-state index in [1.165, 1.54) is 12.5 Å². The zero-order valence-electron chi connectivity index (χ0n) is 12.7. The Kier molecular flexibility index (Phi) is 4.82. The van der Waals surface area contributed by atoms with Crippen LogP contribution < -0.4 is 5.32 Å². The molecule has 0 saturated carbocycles. The van der Waals surface area contributed by atoms with Gasteiger partial charge in [0.2, 0.25) is 5.91 Å². The summed E-state index contributed by atoms with van der Waals surface area (Å²) in [6.45, 7) is 0.393. The van der Waals surface area contributed by atoms with Crippen LogP contribution in [0.5, 0.6) is 0 Å². The zero-order valence-corrected chi connectivity index (χ0v) is 13.4. The first-order valence-corrected chi connectivity index (χ1v) is 7.80. The number of amides is 1. The molecule has 0 aliphatic carbocycles. The van der Waals surface area contributed by atoms with Crippen LogP contribution in [0.1, 0.15) is 29.3 Å². The minimum atomic E-state index is -1.10. The molecule has 1 aromatic heterocycles. The summed E-state index contributed by atoms with van der Waals surface area (Å²) in [5, 5.41) is 12.4.